The van der Waals surface area contributed by atoms with Gasteiger partial charge < -0.3 is 5.32 Å². The molecule has 1 aliphatic rings. The normalized spacial score (nSPS) is 12.7. The van der Waals surface area contributed by atoms with E-state index in [-0.39, 0.29) is 11.4 Å². The number of imide groups is 1. The van der Waals surface area contributed by atoms with Gasteiger partial charge in [-0.05, 0) is 48.0 Å². The van der Waals surface area contributed by atoms with Crippen molar-refractivity contribution in [2.24, 2.45) is 0 Å². The number of carbonyl (C=O) groups excluding carboxylic acids is 3. The van der Waals surface area contributed by atoms with Crippen molar-refractivity contribution in [3.8, 4) is 0 Å². The zero-order chi connectivity index (χ0) is 22.9. The largest absolute Gasteiger partial charge is 0.319 e. The van der Waals surface area contributed by atoms with Gasteiger partial charge in [0.05, 0.1) is 35.2 Å². The SMILES string of the molecule is O=C(Nc1cnn(Cc2ccc(F)cc2)c1)c1cccc(N2C(=O)c3ccccc3C2=O)c1. The summed E-state index contributed by atoms with van der Waals surface area (Å²) in [7, 11) is 0. The highest BCUT2D eigenvalue weighted by Crippen LogP contribution is 2.29. The number of rotatable bonds is 5. The van der Waals surface area contributed by atoms with Crippen molar-refractivity contribution in [2.75, 3.05) is 10.2 Å². The number of aromatic nitrogens is 2. The number of nitrogens with zero attached hydrogens (tertiary/aromatic N) is 3. The first-order valence-electron chi connectivity index (χ1n) is 10.2. The molecule has 5 rings (SSSR count). The summed E-state index contributed by atoms with van der Waals surface area (Å²) < 4.78 is 14.7. The quantitative estimate of drug-likeness (QED) is 0.473. The first kappa shape index (κ1) is 20.3. The van der Waals surface area contributed by atoms with Crippen molar-refractivity contribution in [3.63, 3.8) is 0 Å². The maximum Gasteiger partial charge on any atom is 0.266 e. The van der Waals surface area contributed by atoms with Crippen molar-refractivity contribution in [3.05, 3.63) is 113 Å². The van der Waals surface area contributed by atoms with Gasteiger partial charge in [0.25, 0.3) is 17.7 Å². The monoisotopic (exact) mass is 440 g/mol. The zero-order valence-electron chi connectivity index (χ0n) is 17.2. The highest BCUT2D eigenvalue weighted by molar-refractivity contribution is 6.34. The molecule has 0 unspecified atom stereocenters. The van der Waals surface area contributed by atoms with Crippen LogP contribution >= 0.6 is 0 Å². The molecule has 1 aromatic heterocycles. The van der Waals surface area contributed by atoms with Gasteiger partial charge in [-0.1, -0.05) is 30.3 Å². The van der Waals surface area contributed by atoms with Crippen LogP contribution in [0.15, 0.2) is 85.2 Å². The molecule has 0 atom stereocenters. The van der Waals surface area contributed by atoms with Crippen molar-refractivity contribution >= 4 is 29.1 Å². The van der Waals surface area contributed by atoms with Gasteiger partial charge >= 0.3 is 0 Å². The van der Waals surface area contributed by atoms with E-state index in [1.807, 2.05) is 0 Å². The van der Waals surface area contributed by atoms with E-state index >= 15 is 0 Å². The van der Waals surface area contributed by atoms with Gasteiger partial charge in [-0.15, -0.1) is 0 Å². The smallest absolute Gasteiger partial charge is 0.266 e. The number of benzene rings is 3. The Hall–Kier alpha value is -4.59. The predicted octanol–water partition coefficient (Wildman–Crippen LogP) is 4.12. The summed E-state index contributed by atoms with van der Waals surface area (Å²) in [6.45, 7) is 0.422. The van der Waals surface area contributed by atoms with E-state index in [1.165, 1.54) is 24.4 Å². The van der Waals surface area contributed by atoms with Crippen LogP contribution in [0.4, 0.5) is 15.8 Å². The number of hydrogen-bond donors (Lipinski definition) is 1. The van der Waals surface area contributed by atoms with Gasteiger partial charge in [-0.3, -0.25) is 19.1 Å². The molecule has 0 bridgehead atoms. The number of hydrogen-bond acceptors (Lipinski definition) is 4. The molecule has 0 saturated carbocycles. The number of nitrogens with one attached hydrogen (secondary N) is 1. The first-order valence-corrected chi connectivity index (χ1v) is 10.2. The van der Waals surface area contributed by atoms with E-state index in [0.29, 0.717) is 29.0 Å². The Morgan fingerprint density at radius 1 is 0.909 bits per heavy atom. The zero-order valence-corrected chi connectivity index (χ0v) is 17.2. The number of halogens is 1. The van der Waals surface area contributed by atoms with E-state index in [4.69, 9.17) is 0 Å². The Kier molecular flexibility index (Phi) is 5.02. The van der Waals surface area contributed by atoms with Crippen LogP contribution in [0, 0.1) is 5.82 Å². The molecule has 8 heteroatoms. The van der Waals surface area contributed by atoms with Gasteiger partial charge in [-0.25, -0.2) is 9.29 Å². The molecule has 3 aromatic carbocycles. The Morgan fingerprint density at radius 2 is 1.61 bits per heavy atom. The number of carbonyl (C=O) groups is 3. The number of anilines is 2. The molecule has 0 radical (unpaired) electrons. The van der Waals surface area contributed by atoms with Crippen molar-refractivity contribution in [2.45, 2.75) is 6.54 Å². The summed E-state index contributed by atoms with van der Waals surface area (Å²) in [4.78, 5) is 39.3. The second-order valence-corrected chi connectivity index (χ2v) is 7.55. The second-order valence-electron chi connectivity index (χ2n) is 7.55. The fraction of sp³-hybridized carbons (Fsp3) is 0.0400. The lowest BCUT2D eigenvalue weighted by Gasteiger charge is -2.15. The molecule has 33 heavy (non-hydrogen) atoms. The average Bonchev–Trinajstić information content (AvgIpc) is 3.37. The minimum absolute atomic E-state index is 0.287. The molecule has 0 spiro atoms. The van der Waals surface area contributed by atoms with E-state index in [0.717, 1.165) is 10.5 Å². The standard InChI is InChI=1S/C25H17FN4O3/c26-18-10-8-16(9-11-18)14-29-15-19(13-27-29)28-23(31)17-4-3-5-20(12-17)30-24(32)21-6-1-2-7-22(21)25(30)33/h1-13,15H,14H2,(H,28,31). The summed E-state index contributed by atoms with van der Waals surface area (Å²) in [6.07, 6.45) is 3.17. The summed E-state index contributed by atoms with van der Waals surface area (Å²) in [5.74, 6) is -1.56. The molecule has 4 aromatic rings. The molecule has 7 nitrogen and oxygen atoms in total. The molecular formula is C25H17FN4O3. The first-order chi connectivity index (χ1) is 16.0. The number of fused-ring (bicyclic) bond motifs is 1. The van der Waals surface area contributed by atoms with Gasteiger partial charge in [0.1, 0.15) is 5.82 Å². The average molecular weight is 440 g/mol. The lowest BCUT2D eigenvalue weighted by molar-refractivity contribution is 0.0924. The molecular weight excluding hydrogens is 423 g/mol. The molecule has 0 aliphatic carbocycles. The fourth-order valence-corrected chi connectivity index (χ4v) is 3.70. The Bertz CT molecular complexity index is 1360. The van der Waals surface area contributed by atoms with E-state index in [1.54, 1.807) is 65.5 Å². The highest BCUT2D eigenvalue weighted by Gasteiger charge is 2.36. The second kappa shape index (κ2) is 8.16. The minimum atomic E-state index is -0.421. The third-order valence-corrected chi connectivity index (χ3v) is 5.31. The van der Waals surface area contributed by atoms with Crippen LogP contribution in [-0.4, -0.2) is 27.5 Å². The molecule has 1 aliphatic heterocycles. The van der Waals surface area contributed by atoms with E-state index in [9.17, 15) is 18.8 Å². The summed E-state index contributed by atoms with van der Waals surface area (Å²) in [5.41, 5.74) is 2.63. The summed E-state index contributed by atoms with van der Waals surface area (Å²) >= 11 is 0. The number of amides is 3. The molecule has 0 fully saturated rings. The van der Waals surface area contributed by atoms with Crippen LogP contribution < -0.4 is 10.2 Å². The molecule has 3 amide bonds. The van der Waals surface area contributed by atoms with Crippen LogP contribution in [0.3, 0.4) is 0 Å². The predicted molar refractivity (Wildman–Crippen MR) is 120 cm³/mol. The van der Waals surface area contributed by atoms with Gasteiger partial charge in [0.15, 0.2) is 0 Å². The van der Waals surface area contributed by atoms with Crippen LogP contribution in [0.25, 0.3) is 0 Å². The third kappa shape index (κ3) is 3.89. The lowest BCUT2D eigenvalue weighted by Crippen LogP contribution is -2.29. The fourth-order valence-electron chi connectivity index (χ4n) is 3.70. The molecule has 162 valence electrons. The van der Waals surface area contributed by atoms with E-state index in [2.05, 4.69) is 10.4 Å². The Morgan fingerprint density at radius 3 is 2.30 bits per heavy atom. The van der Waals surface area contributed by atoms with Crippen molar-refractivity contribution in [1.82, 2.24) is 9.78 Å². The van der Waals surface area contributed by atoms with Crippen molar-refractivity contribution in [1.29, 1.82) is 0 Å². The highest BCUT2D eigenvalue weighted by atomic mass is 19.1. The van der Waals surface area contributed by atoms with Gasteiger partial charge in [-0.2, -0.15) is 5.10 Å². The third-order valence-electron chi connectivity index (χ3n) is 5.31. The summed E-state index contributed by atoms with van der Waals surface area (Å²) in [5, 5.41) is 6.97. The van der Waals surface area contributed by atoms with Crippen LogP contribution in [0.2, 0.25) is 0 Å². The molecule has 2 heterocycles. The maximum atomic E-state index is 13.1. The Balaban J connectivity index is 1.31. The van der Waals surface area contributed by atoms with Crippen LogP contribution in [0.1, 0.15) is 36.6 Å². The topological polar surface area (TPSA) is 84.3 Å². The minimum Gasteiger partial charge on any atom is -0.319 e. The van der Waals surface area contributed by atoms with E-state index < -0.39 is 17.7 Å². The molecule has 1 N–H and O–H groups in total. The summed E-state index contributed by atoms with van der Waals surface area (Å²) in [6, 6.07) is 19.0. The van der Waals surface area contributed by atoms with Gasteiger partial charge in [0, 0.05) is 11.8 Å². The van der Waals surface area contributed by atoms with Crippen LogP contribution in [-0.2, 0) is 6.54 Å². The Labute approximate surface area is 188 Å². The molecule has 0 saturated heterocycles. The van der Waals surface area contributed by atoms with Crippen LogP contribution in [0.5, 0.6) is 0 Å². The van der Waals surface area contributed by atoms with Gasteiger partial charge in [0.2, 0.25) is 0 Å². The van der Waals surface area contributed by atoms with Crippen molar-refractivity contribution < 1.29 is 18.8 Å². The maximum absolute atomic E-state index is 13.1. The lowest BCUT2D eigenvalue weighted by atomic mass is 10.1.